The van der Waals surface area contributed by atoms with Gasteiger partial charge in [-0.25, -0.2) is 9.67 Å². The van der Waals surface area contributed by atoms with Gasteiger partial charge in [-0.2, -0.15) is 5.10 Å². The Morgan fingerprint density at radius 3 is 2.69 bits per heavy atom. The molecule has 0 aromatic carbocycles. The quantitative estimate of drug-likeness (QED) is 0.254. The molecule has 0 amide bonds. The number of aromatic nitrogens is 3. The van der Waals surface area contributed by atoms with Gasteiger partial charge in [0.15, 0.2) is 11.8 Å². The second kappa shape index (κ2) is 10.4. The number of nitrogens with zero attached hydrogens (tertiary/aromatic N) is 4. The molecule has 0 spiro atoms. The summed E-state index contributed by atoms with van der Waals surface area (Å²) >= 11 is 0. The third-order valence-corrected chi connectivity index (χ3v) is 4.11. The molecule has 0 aliphatic carbocycles. The molecule has 0 saturated carbocycles. The van der Waals surface area contributed by atoms with Crippen LogP contribution in [-0.4, -0.2) is 51.9 Å². The molecule has 3 N–H and O–H groups in total. The van der Waals surface area contributed by atoms with Crippen molar-refractivity contribution < 1.29 is 0 Å². The van der Waals surface area contributed by atoms with Crippen LogP contribution in [0.15, 0.2) is 4.99 Å². The van der Waals surface area contributed by atoms with E-state index in [0.29, 0.717) is 12.0 Å². The third kappa shape index (κ3) is 7.38. The summed E-state index contributed by atoms with van der Waals surface area (Å²) in [6.07, 6.45) is 2.02. The Kier molecular flexibility index (Phi) is 9.29. The van der Waals surface area contributed by atoms with E-state index in [-0.39, 0.29) is 29.5 Å². The van der Waals surface area contributed by atoms with Gasteiger partial charge >= 0.3 is 0 Å². The fourth-order valence-corrected chi connectivity index (χ4v) is 2.80. The van der Waals surface area contributed by atoms with Gasteiger partial charge in [0.2, 0.25) is 0 Å². The van der Waals surface area contributed by atoms with E-state index in [0.717, 1.165) is 56.6 Å². The van der Waals surface area contributed by atoms with Crippen molar-refractivity contribution in [1.29, 1.82) is 0 Å². The Bertz CT molecular complexity index is 575. The van der Waals surface area contributed by atoms with Crippen LogP contribution in [-0.2, 0) is 13.0 Å². The average Bonchev–Trinajstić information content (AvgIpc) is 2.94. The van der Waals surface area contributed by atoms with Gasteiger partial charge in [0.05, 0.1) is 13.1 Å². The fraction of sp³-hybridized carbons (Fsp3) is 0.833. The number of fused-ring (bicyclic) bond motifs is 1. The second-order valence-electron chi connectivity index (χ2n) is 8.04. The fourth-order valence-electron chi connectivity index (χ4n) is 2.80. The molecule has 0 saturated heterocycles. The van der Waals surface area contributed by atoms with Gasteiger partial charge in [-0.15, -0.1) is 24.0 Å². The van der Waals surface area contributed by atoms with Crippen molar-refractivity contribution in [3.8, 4) is 0 Å². The zero-order chi connectivity index (χ0) is 18.4. The minimum Gasteiger partial charge on any atom is -0.357 e. The van der Waals surface area contributed by atoms with Crippen molar-refractivity contribution in [3.05, 3.63) is 11.6 Å². The second-order valence-corrected chi connectivity index (χ2v) is 8.04. The molecule has 1 aromatic heterocycles. The van der Waals surface area contributed by atoms with Crippen molar-refractivity contribution in [2.75, 3.05) is 19.6 Å². The number of guanidine groups is 1. The molecular weight excluding hydrogens is 441 g/mol. The Morgan fingerprint density at radius 2 is 2.08 bits per heavy atom. The minimum atomic E-state index is 0. The molecule has 1 aliphatic heterocycles. The smallest absolute Gasteiger partial charge is 0.191 e. The highest BCUT2D eigenvalue weighted by Crippen LogP contribution is 2.16. The number of aliphatic imine (C=N–C) groups is 1. The summed E-state index contributed by atoms with van der Waals surface area (Å²) in [4.78, 5) is 9.34. The van der Waals surface area contributed by atoms with Crippen LogP contribution in [0.2, 0.25) is 0 Å². The SMILES string of the molecule is CCNC(=NCCNC(C)(C)C)NC1CCc2nc(C(C)C)nn2C1.I. The Morgan fingerprint density at radius 1 is 1.35 bits per heavy atom. The van der Waals surface area contributed by atoms with Crippen molar-refractivity contribution in [2.24, 2.45) is 4.99 Å². The summed E-state index contributed by atoms with van der Waals surface area (Å²) < 4.78 is 2.06. The summed E-state index contributed by atoms with van der Waals surface area (Å²) in [5.74, 6) is 3.32. The van der Waals surface area contributed by atoms with E-state index in [1.807, 2.05) is 0 Å². The zero-order valence-corrected chi connectivity index (χ0v) is 19.4. The summed E-state index contributed by atoms with van der Waals surface area (Å²) in [6, 6.07) is 0.336. The highest BCUT2D eigenvalue weighted by Gasteiger charge is 2.23. The van der Waals surface area contributed by atoms with Crippen LogP contribution < -0.4 is 16.0 Å². The molecule has 0 radical (unpaired) electrons. The first kappa shape index (κ1) is 23.1. The topological polar surface area (TPSA) is 79.2 Å². The largest absolute Gasteiger partial charge is 0.357 e. The highest BCUT2D eigenvalue weighted by molar-refractivity contribution is 14.0. The number of aryl methyl sites for hydroxylation is 1. The lowest BCUT2D eigenvalue weighted by Crippen LogP contribution is -2.47. The number of rotatable bonds is 6. The summed E-state index contributed by atoms with van der Waals surface area (Å²) in [5.41, 5.74) is 0.127. The lowest BCUT2D eigenvalue weighted by Gasteiger charge is -2.25. The van der Waals surface area contributed by atoms with Crippen LogP contribution in [0.5, 0.6) is 0 Å². The van der Waals surface area contributed by atoms with Crippen LogP contribution in [0.3, 0.4) is 0 Å². The summed E-state index contributed by atoms with van der Waals surface area (Å²) in [5, 5.41) is 15.0. The van der Waals surface area contributed by atoms with E-state index in [2.05, 4.69) is 77.2 Å². The molecule has 1 atom stereocenters. The van der Waals surface area contributed by atoms with E-state index in [4.69, 9.17) is 0 Å². The molecule has 2 rings (SSSR count). The van der Waals surface area contributed by atoms with Crippen LogP contribution in [0.25, 0.3) is 0 Å². The van der Waals surface area contributed by atoms with Crippen LogP contribution in [0.4, 0.5) is 0 Å². The van der Waals surface area contributed by atoms with Crippen molar-refractivity contribution >= 4 is 29.9 Å². The first-order valence-corrected chi connectivity index (χ1v) is 9.52. The predicted octanol–water partition coefficient (Wildman–Crippen LogP) is 2.28. The van der Waals surface area contributed by atoms with Gasteiger partial charge in [-0.3, -0.25) is 4.99 Å². The van der Waals surface area contributed by atoms with Crippen LogP contribution in [0.1, 0.15) is 65.5 Å². The molecule has 26 heavy (non-hydrogen) atoms. The monoisotopic (exact) mass is 477 g/mol. The molecule has 7 nitrogen and oxygen atoms in total. The van der Waals surface area contributed by atoms with E-state index in [1.165, 1.54) is 0 Å². The Balaban J connectivity index is 0.00000338. The highest BCUT2D eigenvalue weighted by atomic mass is 127. The van der Waals surface area contributed by atoms with Crippen molar-refractivity contribution in [3.63, 3.8) is 0 Å². The lowest BCUT2D eigenvalue weighted by atomic mass is 10.1. The normalized spacial score (nSPS) is 17.7. The zero-order valence-electron chi connectivity index (χ0n) is 17.1. The van der Waals surface area contributed by atoms with Crippen LogP contribution in [0, 0.1) is 0 Å². The first-order chi connectivity index (χ1) is 11.8. The average molecular weight is 477 g/mol. The minimum absolute atomic E-state index is 0. The number of hydrogen-bond donors (Lipinski definition) is 3. The van der Waals surface area contributed by atoms with Crippen molar-refractivity contribution in [2.45, 2.75) is 78.4 Å². The molecule has 1 unspecified atom stereocenters. The van der Waals surface area contributed by atoms with Crippen molar-refractivity contribution in [1.82, 2.24) is 30.7 Å². The van der Waals surface area contributed by atoms with E-state index in [1.54, 1.807) is 0 Å². The maximum Gasteiger partial charge on any atom is 0.191 e. The predicted molar refractivity (Wildman–Crippen MR) is 119 cm³/mol. The lowest BCUT2D eigenvalue weighted by molar-refractivity contribution is 0.391. The van der Waals surface area contributed by atoms with Crippen LogP contribution >= 0.6 is 24.0 Å². The Labute approximate surface area is 175 Å². The number of hydrogen-bond acceptors (Lipinski definition) is 4. The van der Waals surface area contributed by atoms with E-state index < -0.39 is 0 Å². The Hall–Kier alpha value is -0.900. The molecule has 0 bridgehead atoms. The number of halogens is 1. The maximum atomic E-state index is 4.69. The summed E-state index contributed by atoms with van der Waals surface area (Å²) in [7, 11) is 0. The molecule has 8 heteroatoms. The van der Waals surface area contributed by atoms with Gasteiger partial charge < -0.3 is 16.0 Å². The summed E-state index contributed by atoms with van der Waals surface area (Å²) in [6.45, 7) is 16.2. The molecule has 1 aromatic rings. The van der Waals surface area contributed by atoms with E-state index >= 15 is 0 Å². The molecule has 0 fully saturated rings. The third-order valence-electron chi connectivity index (χ3n) is 4.11. The molecular formula is C18H36IN7. The maximum absolute atomic E-state index is 4.69. The van der Waals surface area contributed by atoms with Gasteiger partial charge in [0.1, 0.15) is 5.82 Å². The first-order valence-electron chi connectivity index (χ1n) is 9.52. The van der Waals surface area contributed by atoms with Gasteiger partial charge in [0, 0.05) is 37.0 Å². The van der Waals surface area contributed by atoms with Gasteiger partial charge in [0.25, 0.3) is 0 Å². The molecule has 1 aliphatic rings. The standard InChI is InChI=1S/C18H35N7.HI/c1-7-19-17(20-10-11-21-18(4,5)6)22-14-8-9-15-23-16(13(2)3)24-25(15)12-14;/h13-14,21H,7-12H2,1-6H3,(H2,19,20,22);1H. The molecule has 150 valence electrons. The van der Waals surface area contributed by atoms with E-state index in [9.17, 15) is 0 Å². The molecule has 2 heterocycles. The van der Waals surface area contributed by atoms with Gasteiger partial charge in [-0.1, -0.05) is 13.8 Å². The number of nitrogens with one attached hydrogen (secondary N) is 3. The van der Waals surface area contributed by atoms with Gasteiger partial charge in [-0.05, 0) is 34.1 Å².